The van der Waals surface area contributed by atoms with Crippen molar-refractivity contribution >= 4 is 5.97 Å². The van der Waals surface area contributed by atoms with E-state index in [0.717, 1.165) is 31.1 Å². The Kier molecular flexibility index (Phi) is 14.9. The first-order chi connectivity index (χ1) is 14.0. The third-order valence-electron chi connectivity index (χ3n) is 6.13. The molecule has 0 amide bonds. The lowest BCUT2D eigenvalue weighted by atomic mass is 9.89. The molecular weight excluding hydrogens is 360 g/mol. The van der Waals surface area contributed by atoms with Crippen molar-refractivity contribution < 1.29 is 14.6 Å². The third kappa shape index (κ3) is 13.7. The van der Waals surface area contributed by atoms with Gasteiger partial charge in [-0.15, -0.1) is 0 Å². The van der Waals surface area contributed by atoms with Crippen molar-refractivity contribution in [3.63, 3.8) is 0 Å². The number of ether oxygens (including phenoxy) is 1. The minimum Gasteiger partial charge on any atom is -0.463 e. The predicted octanol–water partition coefficient (Wildman–Crippen LogP) is 7.00. The van der Waals surface area contributed by atoms with E-state index in [4.69, 9.17) is 4.74 Å². The molecule has 3 nitrogen and oxygen atoms in total. The van der Waals surface area contributed by atoms with E-state index in [0.29, 0.717) is 5.92 Å². The number of unbranched alkanes of at least 4 members (excludes halogenated alkanes) is 6. The summed E-state index contributed by atoms with van der Waals surface area (Å²) in [6.07, 6.45) is 25.1. The average Bonchev–Trinajstić information content (AvgIpc) is 3.13. The highest BCUT2D eigenvalue weighted by Gasteiger charge is 2.19. The van der Waals surface area contributed by atoms with Gasteiger partial charge in [-0.1, -0.05) is 95.9 Å². The Balaban J connectivity index is 2.09. The van der Waals surface area contributed by atoms with Crippen LogP contribution in [0, 0.1) is 17.8 Å². The van der Waals surface area contributed by atoms with E-state index in [2.05, 4.69) is 38.2 Å². The highest BCUT2D eigenvalue weighted by atomic mass is 16.5. The first-order valence-electron chi connectivity index (χ1n) is 12.2. The van der Waals surface area contributed by atoms with E-state index >= 15 is 0 Å². The Hall–Kier alpha value is -1.09. The second-order valence-electron chi connectivity index (χ2n) is 9.07. The van der Waals surface area contributed by atoms with Crippen LogP contribution in [0.2, 0.25) is 0 Å². The average molecular weight is 407 g/mol. The second-order valence-corrected chi connectivity index (χ2v) is 9.07. The van der Waals surface area contributed by atoms with Crippen molar-refractivity contribution in [1.82, 2.24) is 0 Å². The lowest BCUT2D eigenvalue weighted by molar-refractivity contribution is -0.144. The first kappa shape index (κ1) is 25.9. The number of hydrogen-bond acceptors (Lipinski definition) is 3. The molecule has 0 aromatic heterocycles. The third-order valence-corrected chi connectivity index (χ3v) is 6.13. The summed E-state index contributed by atoms with van der Waals surface area (Å²) in [7, 11) is 0. The van der Waals surface area contributed by atoms with Gasteiger partial charge in [-0.2, -0.15) is 0 Å². The molecule has 1 unspecified atom stereocenters. The highest BCUT2D eigenvalue weighted by Crippen LogP contribution is 2.31. The summed E-state index contributed by atoms with van der Waals surface area (Å²) >= 11 is 0. The van der Waals surface area contributed by atoms with Gasteiger partial charge in [0.05, 0.1) is 6.10 Å². The molecule has 0 spiro atoms. The molecule has 0 fully saturated rings. The fourth-order valence-corrected chi connectivity index (χ4v) is 4.20. The van der Waals surface area contributed by atoms with Crippen molar-refractivity contribution in [1.29, 1.82) is 0 Å². The Labute approximate surface area is 180 Å². The predicted molar refractivity (Wildman–Crippen MR) is 123 cm³/mol. The molecular formula is C26H46O3. The van der Waals surface area contributed by atoms with Gasteiger partial charge in [0, 0.05) is 6.92 Å². The molecule has 0 heterocycles. The molecule has 29 heavy (non-hydrogen) atoms. The summed E-state index contributed by atoms with van der Waals surface area (Å²) in [5, 5.41) is 9.76. The van der Waals surface area contributed by atoms with Crippen LogP contribution in [0.5, 0.6) is 0 Å². The van der Waals surface area contributed by atoms with E-state index < -0.39 is 6.10 Å². The Bertz CT molecular complexity index is 469. The number of carbonyl (C=O) groups is 1. The highest BCUT2D eigenvalue weighted by molar-refractivity contribution is 5.65. The van der Waals surface area contributed by atoms with E-state index in [1.54, 1.807) is 0 Å². The van der Waals surface area contributed by atoms with Crippen molar-refractivity contribution in [2.75, 3.05) is 6.61 Å². The van der Waals surface area contributed by atoms with Gasteiger partial charge in [0.2, 0.25) is 0 Å². The minimum atomic E-state index is -0.513. The molecule has 1 aliphatic carbocycles. The monoisotopic (exact) mass is 406 g/mol. The van der Waals surface area contributed by atoms with Gasteiger partial charge in [0.25, 0.3) is 0 Å². The molecule has 1 aliphatic rings. The quantitative estimate of drug-likeness (QED) is 0.161. The van der Waals surface area contributed by atoms with Crippen molar-refractivity contribution in [2.24, 2.45) is 17.8 Å². The minimum absolute atomic E-state index is 0.133. The number of rotatable bonds is 17. The fourth-order valence-electron chi connectivity index (χ4n) is 4.20. The normalized spacial score (nSPS) is 21.0. The molecule has 3 heteroatoms. The van der Waals surface area contributed by atoms with Gasteiger partial charge in [-0.3, -0.25) is 4.79 Å². The Morgan fingerprint density at radius 2 is 1.86 bits per heavy atom. The zero-order valence-corrected chi connectivity index (χ0v) is 19.3. The van der Waals surface area contributed by atoms with E-state index in [1.165, 1.54) is 71.1 Å². The molecule has 0 saturated heterocycles. The fraction of sp³-hybridized carbons (Fsp3) is 0.808. The van der Waals surface area contributed by atoms with Crippen LogP contribution in [0.15, 0.2) is 24.3 Å². The molecule has 0 aliphatic heterocycles. The maximum atomic E-state index is 10.7. The summed E-state index contributed by atoms with van der Waals surface area (Å²) in [6, 6.07) is 0. The molecule has 4 atom stereocenters. The first-order valence-corrected chi connectivity index (χ1v) is 12.2. The smallest absolute Gasteiger partial charge is 0.302 e. The number of hydrogen-bond donors (Lipinski definition) is 1. The Morgan fingerprint density at radius 3 is 2.62 bits per heavy atom. The molecule has 1 N–H and O–H groups in total. The van der Waals surface area contributed by atoms with Gasteiger partial charge in [0.15, 0.2) is 0 Å². The van der Waals surface area contributed by atoms with E-state index in [9.17, 15) is 9.90 Å². The van der Waals surface area contributed by atoms with Crippen LogP contribution in [0.25, 0.3) is 0 Å². The SMILES string of the molecule is CCCCCC[C@@H](C)CC=C[C@H]1C=CC[C@@H]1CCCCCCC(O)COC(C)=O. The summed E-state index contributed by atoms with van der Waals surface area (Å²) < 4.78 is 4.83. The largest absolute Gasteiger partial charge is 0.463 e. The maximum Gasteiger partial charge on any atom is 0.302 e. The molecule has 0 aromatic rings. The molecule has 0 bridgehead atoms. The van der Waals surface area contributed by atoms with Crippen molar-refractivity contribution in [3.8, 4) is 0 Å². The summed E-state index contributed by atoms with van der Waals surface area (Å²) in [5.41, 5.74) is 0. The summed E-state index contributed by atoms with van der Waals surface area (Å²) in [4.78, 5) is 10.7. The number of allylic oxidation sites excluding steroid dienone is 4. The zero-order chi connectivity index (χ0) is 21.3. The van der Waals surface area contributed by atoms with Gasteiger partial charge in [-0.05, 0) is 43.4 Å². The Morgan fingerprint density at radius 1 is 1.14 bits per heavy atom. The van der Waals surface area contributed by atoms with E-state index in [1.807, 2.05) is 0 Å². The maximum absolute atomic E-state index is 10.7. The lowest BCUT2D eigenvalue weighted by Gasteiger charge is -2.16. The van der Waals surface area contributed by atoms with Crippen molar-refractivity contribution in [3.05, 3.63) is 24.3 Å². The van der Waals surface area contributed by atoms with Gasteiger partial charge < -0.3 is 9.84 Å². The van der Waals surface area contributed by atoms with Crippen LogP contribution >= 0.6 is 0 Å². The topological polar surface area (TPSA) is 46.5 Å². The molecule has 0 saturated carbocycles. The summed E-state index contributed by atoms with van der Waals surface area (Å²) in [6.45, 7) is 6.18. The number of esters is 1. The molecule has 0 aromatic carbocycles. The van der Waals surface area contributed by atoms with E-state index in [-0.39, 0.29) is 12.6 Å². The molecule has 0 radical (unpaired) electrons. The number of aliphatic hydroxyl groups is 1. The van der Waals surface area contributed by atoms with Crippen molar-refractivity contribution in [2.45, 2.75) is 110 Å². The van der Waals surface area contributed by atoms with Gasteiger partial charge in [0.1, 0.15) is 6.61 Å². The van der Waals surface area contributed by atoms with Crippen LogP contribution < -0.4 is 0 Å². The molecule has 168 valence electrons. The van der Waals surface area contributed by atoms with Crippen LogP contribution in [0.1, 0.15) is 104 Å². The summed E-state index contributed by atoms with van der Waals surface area (Å²) in [5.74, 6) is 1.90. The van der Waals surface area contributed by atoms with Gasteiger partial charge >= 0.3 is 5.97 Å². The number of aliphatic hydroxyl groups excluding tert-OH is 1. The zero-order valence-electron chi connectivity index (χ0n) is 19.3. The lowest BCUT2D eigenvalue weighted by Crippen LogP contribution is -2.17. The van der Waals surface area contributed by atoms with Crippen LogP contribution in [-0.4, -0.2) is 23.8 Å². The second kappa shape index (κ2) is 16.7. The standard InChI is InChI=1S/C26H46O3/c1-4-5-6-9-14-22(2)15-12-17-25-19-13-18-24(25)16-10-7-8-11-20-26(28)21-29-23(3)27/h12-13,17,19,22,24-26,28H,4-11,14-16,18,20-21H2,1-3H3/t22-,24+,25+,26?/m1/s1. The molecule has 1 rings (SSSR count). The number of carbonyl (C=O) groups excluding carboxylic acids is 1. The van der Waals surface area contributed by atoms with Crippen LogP contribution in [0.3, 0.4) is 0 Å². The van der Waals surface area contributed by atoms with Crippen LogP contribution in [0.4, 0.5) is 0 Å². The van der Waals surface area contributed by atoms with Gasteiger partial charge in [-0.25, -0.2) is 0 Å². The van der Waals surface area contributed by atoms with Crippen LogP contribution in [-0.2, 0) is 9.53 Å².